The van der Waals surface area contributed by atoms with Crippen LogP contribution in [0.5, 0.6) is 0 Å². The second-order valence-electron chi connectivity index (χ2n) is 7.68. The van der Waals surface area contributed by atoms with E-state index in [1.54, 1.807) is 12.1 Å². The van der Waals surface area contributed by atoms with Gasteiger partial charge in [-0.15, -0.1) is 0 Å². The molecule has 0 radical (unpaired) electrons. The lowest BCUT2D eigenvalue weighted by Gasteiger charge is -2.17. The highest BCUT2D eigenvalue weighted by Crippen LogP contribution is 2.36. The highest BCUT2D eigenvalue weighted by Gasteiger charge is 2.44. The van der Waals surface area contributed by atoms with Crippen molar-refractivity contribution in [3.05, 3.63) is 48.3 Å². The van der Waals surface area contributed by atoms with Gasteiger partial charge in [0, 0.05) is 0 Å². The normalized spacial score (nSPS) is 24.3. The molecule has 0 bridgehead atoms. The molecule has 0 spiro atoms. The second kappa shape index (κ2) is 9.39. The molecule has 14 heteroatoms. The minimum Gasteiger partial charge on any atom is -0.387 e. The lowest BCUT2D eigenvalue weighted by molar-refractivity contribution is -0.0612. The maximum atomic E-state index is 13.6. The SMILES string of the molecule is C[C@H](Nc1ncnc2c1ncn2[C@@H]1O[C@H](COCP(=O)(O)O)[C@@H](O)[C@H]1O)c1cccc(F)c1. The van der Waals surface area contributed by atoms with E-state index < -0.39 is 38.5 Å². The van der Waals surface area contributed by atoms with E-state index in [-0.39, 0.29) is 18.5 Å². The fourth-order valence-electron chi connectivity index (χ4n) is 3.59. The average Bonchev–Trinajstić information content (AvgIpc) is 3.30. The molecule has 3 heterocycles. The lowest BCUT2D eigenvalue weighted by Crippen LogP contribution is -2.33. The molecule has 0 unspecified atom stereocenters. The molecule has 3 aromatic rings. The van der Waals surface area contributed by atoms with Crippen molar-refractivity contribution in [3.63, 3.8) is 0 Å². The smallest absolute Gasteiger partial charge is 0.350 e. The number of rotatable bonds is 8. The topological polar surface area (TPSA) is 172 Å². The Kier molecular flexibility index (Phi) is 6.73. The minimum atomic E-state index is -4.38. The van der Waals surface area contributed by atoms with Gasteiger partial charge >= 0.3 is 7.60 Å². The standard InChI is InChI=1S/C19H23FN5O7P/c1-10(11-3-2-4-12(20)5-11)24-17-14-18(22-7-21-17)25(8-23-14)19-16(27)15(26)13(32-19)6-31-9-33(28,29)30/h2-5,7-8,10,13,15-16,19,26-27H,6,9H2,1H3,(H,21,22,24)(H2,28,29,30)/t10-,13+,15+,16+,19+/m0/s1. The van der Waals surface area contributed by atoms with Crippen molar-refractivity contribution in [2.24, 2.45) is 0 Å². The van der Waals surface area contributed by atoms with Crippen LogP contribution in [0.1, 0.15) is 24.8 Å². The molecule has 1 fully saturated rings. The van der Waals surface area contributed by atoms with Gasteiger partial charge in [-0.1, -0.05) is 12.1 Å². The number of hydrogen-bond acceptors (Lipinski definition) is 9. The molecule has 4 rings (SSSR count). The molecule has 1 aromatic carbocycles. The van der Waals surface area contributed by atoms with E-state index in [2.05, 4.69) is 20.3 Å². The van der Waals surface area contributed by atoms with Gasteiger partial charge in [0.1, 0.15) is 36.8 Å². The lowest BCUT2D eigenvalue weighted by atomic mass is 10.1. The van der Waals surface area contributed by atoms with Crippen molar-refractivity contribution in [1.82, 2.24) is 19.5 Å². The van der Waals surface area contributed by atoms with Crippen LogP contribution in [-0.2, 0) is 14.0 Å². The van der Waals surface area contributed by atoms with Gasteiger partial charge in [-0.25, -0.2) is 19.3 Å². The van der Waals surface area contributed by atoms with Gasteiger partial charge < -0.3 is 34.8 Å². The molecule has 5 atom stereocenters. The first-order valence-electron chi connectivity index (χ1n) is 9.97. The van der Waals surface area contributed by atoms with Gasteiger partial charge in [0.05, 0.1) is 19.0 Å². The van der Waals surface area contributed by atoms with Gasteiger partial charge in [0.25, 0.3) is 0 Å². The Bertz CT molecular complexity index is 1170. The summed E-state index contributed by atoms with van der Waals surface area (Å²) in [5.41, 5.74) is 1.39. The zero-order valence-electron chi connectivity index (χ0n) is 17.4. The molecule has 1 aliphatic heterocycles. The number of fused-ring (bicyclic) bond motifs is 1. The number of anilines is 1. The van der Waals surface area contributed by atoms with E-state index in [4.69, 9.17) is 19.3 Å². The molecule has 2 aromatic heterocycles. The molecule has 178 valence electrons. The number of hydrogen-bond donors (Lipinski definition) is 5. The van der Waals surface area contributed by atoms with E-state index in [1.165, 1.54) is 29.4 Å². The summed E-state index contributed by atoms with van der Waals surface area (Å²) in [6, 6.07) is 5.85. The quantitative estimate of drug-likeness (QED) is 0.288. The molecular formula is C19H23FN5O7P. The Labute approximate surface area is 187 Å². The van der Waals surface area contributed by atoms with E-state index >= 15 is 0 Å². The number of benzene rings is 1. The zero-order valence-corrected chi connectivity index (χ0v) is 18.3. The largest absolute Gasteiger partial charge is 0.387 e. The Morgan fingerprint density at radius 2 is 2.06 bits per heavy atom. The van der Waals surface area contributed by atoms with Crippen LogP contribution in [0.4, 0.5) is 10.2 Å². The molecular weight excluding hydrogens is 460 g/mol. The second-order valence-corrected chi connectivity index (χ2v) is 9.27. The van der Waals surface area contributed by atoms with E-state index in [0.717, 1.165) is 0 Å². The van der Waals surface area contributed by atoms with Crippen LogP contribution >= 0.6 is 7.60 Å². The van der Waals surface area contributed by atoms with Crippen molar-refractivity contribution in [2.75, 3.05) is 18.3 Å². The average molecular weight is 483 g/mol. The third-order valence-corrected chi connectivity index (χ3v) is 5.73. The number of aliphatic hydroxyl groups excluding tert-OH is 2. The number of halogens is 1. The molecule has 1 saturated heterocycles. The van der Waals surface area contributed by atoms with Crippen molar-refractivity contribution < 1.29 is 38.4 Å². The fraction of sp³-hybridized carbons (Fsp3) is 0.421. The predicted molar refractivity (Wildman–Crippen MR) is 113 cm³/mol. The van der Waals surface area contributed by atoms with Crippen LogP contribution in [-0.4, -0.2) is 70.8 Å². The number of nitrogens with one attached hydrogen (secondary N) is 1. The van der Waals surface area contributed by atoms with Crippen molar-refractivity contribution in [2.45, 2.75) is 37.5 Å². The highest BCUT2D eigenvalue weighted by atomic mass is 31.2. The molecule has 12 nitrogen and oxygen atoms in total. The predicted octanol–water partition coefficient (Wildman–Crippen LogP) is 0.909. The van der Waals surface area contributed by atoms with Crippen LogP contribution < -0.4 is 5.32 Å². The highest BCUT2D eigenvalue weighted by molar-refractivity contribution is 7.51. The summed E-state index contributed by atoms with van der Waals surface area (Å²) in [5, 5.41) is 23.9. The van der Waals surface area contributed by atoms with Crippen LogP contribution in [0.25, 0.3) is 11.2 Å². The Hall–Kier alpha value is -2.51. The van der Waals surface area contributed by atoms with Crippen molar-refractivity contribution in [1.29, 1.82) is 0 Å². The van der Waals surface area contributed by atoms with Crippen LogP contribution in [0.2, 0.25) is 0 Å². The third kappa shape index (κ3) is 5.20. The van der Waals surface area contributed by atoms with Gasteiger partial charge in [0.15, 0.2) is 23.2 Å². The molecule has 0 saturated carbocycles. The van der Waals surface area contributed by atoms with E-state index in [9.17, 15) is 19.2 Å². The molecule has 1 aliphatic rings. The Balaban J connectivity index is 1.53. The maximum Gasteiger partial charge on any atom is 0.350 e. The summed E-state index contributed by atoms with van der Waals surface area (Å²) < 4.78 is 36.5. The van der Waals surface area contributed by atoms with E-state index in [0.29, 0.717) is 22.5 Å². The first kappa shape index (κ1) is 23.6. The van der Waals surface area contributed by atoms with Gasteiger partial charge in [-0.2, -0.15) is 0 Å². The first-order valence-corrected chi connectivity index (χ1v) is 11.8. The zero-order chi connectivity index (χ0) is 23.8. The Morgan fingerprint density at radius 3 is 2.79 bits per heavy atom. The summed E-state index contributed by atoms with van der Waals surface area (Å²) in [6.45, 7) is 1.50. The van der Waals surface area contributed by atoms with Crippen LogP contribution in [0.15, 0.2) is 36.9 Å². The van der Waals surface area contributed by atoms with Gasteiger partial charge in [-0.3, -0.25) is 9.13 Å². The molecule has 0 amide bonds. The summed E-state index contributed by atoms with van der Waals surface area (Å²) in [5.74, 6) is 0.0218. The number of imidazole rings is 1. The number of aliphatic hydroxyl groups is 2. The van der Waals surface area contributed by atoms with Crippen LogP contribution in [0, 0.1) is 5.82 Å². The van der Waals surface area contributed by atoms with Crippen molar-refractivity contribution in [3.8, 4) is 0 Å². The Morgan fingerprint density at radius 1 is 1.27 bits per heavy atom. The van der Waals surface area contributed by atoms with Gasteiger partial charge in [-0.05, 0) is 24.6 Å². The molecule has 5 N–H and O–H groups in total. The molecule has 0 aliphatic carbocycles. The van der Waals surface area contributed by atoms with E-state index in [1.807, 2.05) is 6.92 Å². The fourth-order valence-corrected chi connectivity index (χ4v) is 3.94. The number of nitrogens with zero attached hydrogens (tertiary/aromatic N) is 4. The van der Waals surface area contributed by atoms with Gasteiger partial charge in [0.2, 0.25) is 0 Å². The minimum absolute atomic E-state index is 0.297. The first-order chi connectivity index (χ1) is 15.6. The van der Waals surface area contributed by atoms with Crippen molar-refractivity contribution >= 4 is 24.6 Å². The van der Waals surface area contributed by atoms with Crippen LogP contribution in [0.3, 0.4) is 0 Å². The summed E-state index contributed by atoms with van der Waals surface area (Å²) in [6.07, 6.45) is -3.00. The number of ether oxygens (including phenoxy) is 2. The number of aromatic nitrogens is 4. The summed E-state index contributed by atoms with van der Waals surface area (Å²) in [7, 11) is -4.38. The molecule has 33 heavy (non-hydrogen) atoms. The monoisotopic (exact) mass is 483 g/mol. The third-order valence-electron chi connectivity index (χ3n) is 5.21. The summed E-state index contributed by atoms with van der Waals surface area (Å²) >= 11 is 0. The summed E-state index contributed by atoms with van der Waals surface area (Å²) in [4.78, 5) is 30.5. The maximum absolute atomic E-state index is 13.6.